The Morgan fingerprint density at radius 2 is 0.821 bits per heavy atom. The van der Waals surface area contributed by atoms with Crippen LogP contribution in [0.15, 0.2) is 95.1 Å². The van der Waals surface area contributed by atoms with Crippen molar-refractivity contribution < 1.29 is 48.3 Å². The van der Waals surface area contributed by atoms with Gasteiger partial charge in [-0.3, -0.25) is 50.0 Å². The Bertz CT molecular complexity index is 2030. The number of hydrogen-bond acceptors (Lipinski definition) is 16. The Balaban J connectivity index is 1.14. The molecule has 0 fully saturated rings. The van der Waals surface area contributed by atoms with Gasteiger partial charge in [0.1, 0.15) is 11.5 Å². The standard InChI is InChI=1S/C34H26N8O14/c43-31(37-35-19-21-5-9-29(10-6-21)55-33(45)23-13-25(39(47)48)17-26(14-23)40(49)50)3-1-2-4-32(44)38-36-20-22-7-11-30(12-8-22)56-34(46)24-15-27(41(51)52)18-28(16-24)42(53)54/h5-20H,1-4H2,(H,37,43)(H,38,44)/b35-19+,36-20+. The number of rotatable bonds is 17. The summed E-state index contributed by atoms with van der Waals surface area (Å²) >= 11 is 0. The van der Waals surface area contributed by atoms with E-state index < -0.39 is 66.2 Å². The molecular formula is C34H26N8O14. The quantitative estimate of drug-likeness (QED) is 0.0360. The zero-order valence-electron chi connectivity index (χ0n) is 28.5. The third kappa shape index (κ3) is 12.1. The smallest absolute Gasteiger partial charge is 0.344 e. The highest BCUT2D eigenvalue weighted by Crippen LogP contribution is 2.25. The van der Waals surface area contributed by atoms with Crippen LogP contribution in [-0.2, 0) is 9.59 Å². The van der Waals surface area contributed by atoms with Crippen LogP contribution in [0.2, 0.25) is 0 Å². The third-order valence-electron chi connectivity index (χ3n) is 7.16. The Labute approximate surface area is 313 Å². The zero-order valence-corrected chi connectivity index (χ0v) is 28.5. The molecule has 4 aromatic rings. The van der Waals surface area contributed by atoms with Crippen molar-refractivity contribution >= 4 is 58.9 Å². The van der Waals surface area contributed by atoms with E-state index >= 15 is 0 Å². The minimum Gasteiger partial charge on any atom is -0.423 e. The molecule has 0 heterocycles. The Morgan fingerprint density at radius 3 is 1.11 bits per heavy atom. The predicted molar refractivity (Wildman–Crippen MR) is 192 cm³/mol. The van der Waals surface area contributed by atoms with Crippen molar-refractivity contribution in [3.8, 4) is 11.5 Å². The number of hydrogen-bond donors (Lipinski definition) is 2. The summed E-state index contributed by atoms with van der Waals surface area (Å²) < 4.78 is 10.3. The molecule has 0 aromatic heterocycles. The molecule has 4 aromatic carbocycles. The molecule has 0 bridgehead atoms. The predicted octanol–water partition coefficient (Wildman–Crippen LogP) is 4.92. The highest BCUT2D eigenvalue weighted by Gasteiger charge is 2.22. The van der Waals surface area contributed by atoms with Gasteiger partial charge in [0.05, 0.1) is 55.4 Å². The number of benzene rings is 4. The van der Waals surface area contributed by atoms with Crippen LogP contribution in [0.5, 0.6) is 11.5 Å². The van der Waals surface area contributed by atoms with E-state index in [4.69, 9.17) is 9.47 Å². The molecule has 4 rings (SSSR count). The van der Waals surface area contributed by atoms with Crippen LogP contribution < -0.4 is 20.3 Å². The molecule has 0 aliphatic rings. The van der Waals surface area contributed by atoms with Gasteiger partial charge in [-0.05, 0) is 72.5 Å². The average Bonchev–Trinajstić information content (AvgIpc) is 3.17. The van der Waals surface area contributed by atoms with E-state index in [1.807, 2.05) is 0 Å². The van der Waals surface area contributed by atoms with E-state index in [2.05, 4.69) is 21.1 Å². The van der Waals surface area contributed by atoms with Gasteiger partial charge in [-0.2, -0.15) is 10.2 Å². The van der Waals surface area contributed by atoms with Crippen LogP contribution >= 0.6 is 0 Å². The summed E-state index contributed by atoms with van der Waals surface area (Å²) in [6, 6.07) is 16.3. The summed E-state index contributed by atoms with van der Waals surface area (Å²) in [5.41, 5.74) is 2.31. The van der Waals surface area contributed by atoms with Crippen LogP contribution in [0.3, 0.4) is 0 Å². The maximum Gasteiger partial charge on any atom is 0.344 e. The fourth-order valence-electron chi connectivity index (χ4n) is 4.46. The first-order valence-electron chi connectivity index (χ1n) is 15.8. The van der Waals surface area contributed by atoms with Crippen molar-refractivity contribution in [2.75, 3.05) is 0 Å². The molecule has 0 saturated heterocycles. The van der Waals surface area contributed by atoms with Crippen molar-refractivity contribution in [3.05, 3.63) is 148 Å². The van der Waals surface area contributed by atoms with Crippen molar-refractivity contribution in [3.63, 3.8) is 0 Å². The van der Waals surface area contributed by atoms with E-state index in [0.717, 1.165) is 36.4 Å². The van der Waals surface area contributed by atoms with Crippen molar-refractivity contribution in [1.29, 1.82) is 0 Å². The highest BCUT2D eigenvalue weighted by atomic mass is 16.6. The number of hydrazone groups is 2. The minimum atomic E-state index is -1.05. The summed E-state index contributed by atoms with van der Waals surface area (Å²) in [6.07, 6.45) is 3.47. The van der Waals surface area contributed by atoms with Gasteiger partial charge >= 0.3 is 11.9 Å². The minimum absolute atomic E-state index is 0.0382. The number of nitrogens with one attached hydrogen (secondary N) is 2. The lowest BCUT2D eigenvalue weighted by Gasteiger charge is -2.05. The molecular weight excluding hydrogens is 744 g/mol. The summed E-state index contributed by atoms with van der Waals surface area (Å²) in [6.45, 7) is 0. The second-order valence-corrected chi connectivity index (χ2v) is 11.2. The molecule has 2 N–H and O–H groups in total. The number of unbranched alkanes of at least 4 members (excludes halogenated alkanes) is 1. The van der Waals surface area contributed by atoms with Gasteiger partial charge in [-0.25, -0.2) is 20.4 Å². The fourth-order valence-corrected chi connectivity index (χ4v) is 4.46. The summed E-state index contributed by atoms with van der Waals surface area (Å²) in [4.78, 5) is 89.9. The Morgan fingerprint density at radius 1 is 0.518 bits per heavy atom. The first-order chi connectivity index (χ1) is 26.7. The van der Waals surface area contributed by atoms with Crippen LogP contribution in [0.1, 0.15) is 57.5 Å². The van der Waals surface area contributed by atoms with Gasteiger partial charge in [0.2, 0.25) is 11.8 Å². The van der Waals surface area contributed by atoms with E-state index in [1.54, 1.807) is 0 Å². The van der Waals surface area contributed by atoms with Gasteiger partial charge in [0.15, 0.2) is 0 Å². The van der Waals surface area contributed by atoms with E-state index in [-0.39, 0.29) is 35.5 Å². The second-order valence-electron chi connectivity index (χ2n) is 11.2. The average molecular weight is 771 g/mol. The first kappa shape index (κ1) is 40.5. The normalized spacial score (nSPS) is 10.8. The number of esters is 2. The number of nitro benzene ring substituents is 4. The summed E-state index contributed by atoms with van der Waals surface area (Å²) in [7, 11) is 0. The second kappa shape index (κ2) is 19.0. The largest absolute Gasteiger partial charge is 0.423 e. The number of amides is 2. The van der Waals surface area contributed by atoms with E-state index in [9.17, 15) is 59.6 Å². The van der Waals surface area contributed by atoms with Crippen molar-refractivity contribution in [1.82, 2.24) is 10.9 Å². The number of carbonyl (C=O) groups is 4. The molecule has 22 heteroatoms. The Hall–Kier alpha value is -8.30. The topological polar surface area (TPSA) is 308 Å². The molecule has 286 valence electrons. The molecule has 0 atom stereocenters. The van der Waals surface area contributed by atoms with E-state index in [0.29, 0.717) is 24.0 Å². The number of ether oxygens (including phenoxy) is 2. The summed E-state index contributed by atoms with van der Waals surface area (Å²) in [5.74, 6) is -2.86. The fraction of sp³-hybridized carbons (Fsp3) is 0.118. The third-order valence-corrected chi connectivity index (χ3v) is 7.16. The molecule has 0 aliphatic carbocycles. The molecule has 0 aliphatic heterocycles. The van der Waals surface area contributed by atoms with Gasteiger partial charge in [0, 0.05) is 37.1 Å². The molecule has 0 saturated carbocycles. The highest BCUT2D eigenvalue weighted by molar-refractivity contribution is 5.93. The van der Waals surface area contributed by atoms with Crippen molar-refractivity contribution in [2.45, 2.75) is 25.7 Å². The lowest BCUT2D eigenvalue weighted by atomic mass is 10.1. The van der Waals surface area contributed by atoms with Crippen LogP contribution in [0.25, 0.3) is 0 Å². The number of carbonyl (C=O) groups excluding carboxylic acids is 4. The molecule has 22 nitrogen and oxygen atoms in total. The molecule has 56 heavy (non-hydrogen) atoms. The molecule has 2 amide bonds. The Kier molecular flexibility index (Phi) is 13.7. The number of nitrogens with zero attached hydrogens (tertiary/aromatic N) is 6. The molecule has 0 spiro atoms. The van der Waals surface area contributed by atoms with Gasteiger partial charge in [-0.1, -0.05) is 0 Å². The number of nitro groups is 4. The maximum absolute atomic E-state index is 12.4. The lowest BCUT2D eigenvalue weighted by Crippen LogP contribution is -2.19. The molecule has 0 radical (unpaired) electrons. The first-order valence-corrected chi connectivity index (χ1v) is 15.8. The van der Waals surface area contributed by atoms with Crippen LogP contribution in [0.4, 0.5) is 22.7 Å². The van der Waals surface area contributed by atoms with Gasteiger partial charge in [-0.15, -0.1) is 0 Å². The molecule has 0 unspecified atom stereocenters. The zero-order chi connectivity index (χ0) is 40.8. The SMILES string of the molecule is O=C(CCCCC(=O)N/N=C/c1ccc(OC(=O)c2cc([N+](=O)[O-])cc([N+](=O)[O-])c2)cc1)N/N=C/c1ccc(OC(=O)c2cc([N+](=O)[O-])cc([N+](=O)[O-])c2)cc1. The monoisotopic (exact) mass is 770 g/mol. The van der Waals surface area contributed by atoms with Gasteiger partial charge in [0.25, 0.3) is 22.7 Å². The summed E-state index contributed by atoms with van der Waals surface area (Å²) in [5, 5.41) is 51.9. The lowest BCUT2D eigenvalue weighted by molar-refractivity contribution is -0.394. The van der Waals surface area contributed by atoms with Crippen molar-refractivity contribution in [2.24, 2.45) is 10.2 Å². The van der Waals surface area contributed by atoms with E-state index in [1.165, 1.54) is 61.0 Å². The number of non-ortho nitro benzene ring substituents is 4. The van der Waals surface area contributed by atoms with Gasteiger partial charge < -0.3 is 9.47 Å². The van der Waals surface area contributed by atoms with Crippen LogP contribution in [-0.4, -0.2) is 55.9 Å². The maximum atomic E-state index is 12.4. The van der Waals surface area contributed by atoms with Crippen LogP contribution in [0, 0.1) is 40.5 Å².